The number of carboxylic acid groups (broad SMARTS) is 1. The van der Waals surface area contributed by atoms with Gasteiger partial charge in [-0.1, -0.05) is 6.07 Å². The Morgan fingerprint density at radius 3 is 2.68 bits per heavy atom. The molecule has 2 aromatic heterocycles. The summed E-state index contributed by atoms with van der Waals surface area (Å²) in [7, 11) is 3.63. The molecule has 1 atom stereocenters. The standard InChI is InChI=1S/C21H31N7O3/c1-7-31-12-11-28-17-16(18(20(29)30)27(28)6)24-21(26(5)13(2)3)25-19(17)23-15-10-8-9-14(4)22-15/h8-10,13,18H,7,11-12H2,1-6H3,(H,29,30)(H,22,23,24,25). The highest BCUT2D eigenvalue weighted by Gasteiger charge is 2.43. The van der Waals surface area contributed by atoms with Crippen LogP contribution in [-0.4, -0.2) is 70.9 Å². The molecule has 0 radical (unpaired) electrons. The number of pyridine rings is 1. The summed E-state index contributed by atoms with van der Waals surface area (Å²) >= 11 is 0. The lowest BCUT2D eigenvalue weighted by Crippen LogP contribution is -2.41. The first-order valence-electron chi connectivity index (χ1n) is 10.4. The van der Waals surface area contributed by atoms with Crippen LogP contribution in [0.25, 0.3) is 0 Å². The summed E-state index contributed by atoms with van der Waals surface area (Å²) in [6.45, 7) is 9.40. The van der Waals surface area contributed by atoms with E-state index in [2.05, 4.69) is 15.3 Å². The lowest BCUT2D eigenvalue weighted by molar-refractivity contribution is -0.142. The average Bonchev–Trinajstić information content (AvgIpc) is 2.99. The molecule has 0 amide bonds. The van der Waals surface area contributed by atoms with Crippen molar-refractivity contribution >= 4 is 29.2 Å². The number of carbonyl (C=O) groups is 1. The Morgan fingerprint density at radius 2 is 2.06 bits per heavy atom. The lowest BCUT2D eigenvalue weighted by Gasteiger charge is -2.29. The molecule has 0 bridgehead atoms. The smallest absolute Gasteiger partial charge is 0.329 e. The average molecular weight is 430 g/mol. The minimum absolute atomic E-state index is 0.138. The number of likely N-dealkylation sites (N-methyl/N-ethyl adjacent to an activating group) is 1. The van der Waals surface area contributed by atoms with Gasteiger partial charge in [0.15, 0.2) is 11.9 Å². The van der Waals surface area contributed by atoms with E-state index in [9.17, 15) is 9.90 Å². The van der Waals surface area contributed by atoms with Gasteiger partial charge in [0.1, 0.15) is 17.2 Å². The van der Waals surface area contributed by atoms with E-state index >= 15 is 0 Å². The first-order chi connectivity index (χ1) is 14.7. The van der Waals surface area contributed by atoms with Crippen molar-refractivity contribution in [1.29, 1.82) is 0 Å². The molecule has 1 aliphatic rings. The van der Waals surface area contributed by atoms with Gasteiger partial charge in [0.05, 0.1) is 13.2 Å². The van der Waals surface area contributed by atoms with Crippen molar-refractivity contribution in [3.8, 4) is 0 Å². The number of nitrogens with zero attached hydrogens (tertiary/aromatic N) is 6. The first-order valence-corrected chi connectivity index (χ1v) is 10.4. The van der Waals surface area contributed by atoms with E-state index in [-0.39, 0.29) is 6.04 Å². The Labute approximate surface area is 182 Å². The summed E-state index contributed by atoms with van der Waals surface area (Å²) in [5, 5.41) is 16.8. The number of anilines is 4. The normalized spacial score (nSPS) is 16.0. The third-order valence-corrected chi connectivity index (χ3v) is 5.28. The maximum absolute atomic E-state index is 12.2. The van der Waals surface area contributed by atoms with Crippen LogP contribution in [0.4, 0.5) is 23.3 Å². The van der Waals surface area contributed by atoms with Crippen LogP contribution in [0.15, 0.2) is 18.2 Å². The molecular formula is C21H31N7O3. The van der Waals surface area contributed by atoms with E-state index in [4.69, 9.17) is 9.72 Å². The number of fused-ring (bicyclic) bond motifs is 1. The molecule has 0 fully saturated rings. The Kier molecular flexibility index (Phi) is 6.91. The van der Waals surface area contributed by atoms with Gasteiger partial charge in [-0.3, -0.25) is 9.80 Å². The monoisotopic (exact) mass is 429 g/mol. The van der Waals surface area contributed by atoms with Gasteiger partial charge in [-0.15, -0.1) is 0 Å². The topological polar surface area (TPSA) is 107 Å². The van der Waals surface area contributed by atoms with Gasteiger partial charge in [-0.05, 0) is 39.8 Å². The molecule has 168 valence electrons. The second-order valence-corrected chi connectivity index (χ2v) is 7.73. The third kappa shape index (κ3) is 4.70. The van der Waals surface area contributed by atoms with E-state index in [1.807, 2.05) is 62.9 Å². The SMILES string of the molecule is CCOCCN1c2c(Nc3cccc(C)n3)nc(N(C)C(C)C)nc2C(C(=O)O)N1C. The molecule has 0 saturated heterocycles. The van der Waals surface area contributed by atoms with Gasteiger partial charge in [-0.25, -0.2) is 15.0 Å². The molecule has 3 rings (SSSR count). The minimum Gasteiger partial charge on any atom is -0.480 e. The fourth-order valence-electron chi connectivity index (χ4n) is 3.43. The van der Waals surface area contributed by atoms with Crippen molar-refractivity contribution in [2.45, 2.75) is 39.8 Å². The second-order valence-electron chi connectivity index (χ2n) is 7.73. The summed E-state index contributed by atoms with van der Waals surface area (Å²) in [6, 6.07) is 4.89. The van der Waals surface area contributed by atoms with E-state index < -0.39 is 12.0 Å². The van der Waals surface area contributed by atoms with E-state index in [1.165, 1.54) is 0 Å². The summed E-state index contributed by atoms with van der Waals surface area (Å²) in [6.07, 6.45) is 0. The maximum Gasteiger partial charge on any atom is 0.329 e. The number of nitrogens with one attached hydrogen (secondary N) is 1. The first kappa shape index (κ1) is 22.7. The highest BCUT2D eigenvalue weighted by molar-refractivity contribution is 5.85. The van der Waals surface area contributed by atoms with E-state index in [0.29, 0.717) is 48.7 Å². The number of aromatic nitrogens is 3. The largest absolute Gasteiger partial charge is 0.480 e. The molecule has 1 aliphatic heterocycles. The van der Waals surface area contributed by atoms with Crippen LogP contribution >= 0.6 is 0 Å². The second kappa shape index (κ2) is 9.44. The molecule has 31 heavy (non-hydrogen) atoms. The number of aryl methyl sites for hydroxylation is 1. The maximum atomic E-state index is 12.2. The van der Waals surface area contributed by atoms with E-state index in [1.54, 1.807) is 12.1 Å². The molecule has 0 spiro atoms. The molecule has 0 saturated carbocycles. The van der Waals surface area contributed by atoms with Crippen molar-refractivity contribution in [3.05, 3.63) is 29.6 Å². The Bertz CT molecular complexity index is 937. The van der Waals surface area contributed by atoms with Gasteiger partial charge >= 0.3 is 5.97 Å². The van der Waals surface area contributed by atoms with E-state index in [0.717, 1.165) is 5.69 Å². The lowest BCUT2D eigenvalue weighted by atomic mass is 10.2. The van der Waals surface area contributed by atoms with Gasteiger partial charge in [0, 0.05) is 32.4 Å². The van der Waals surface area contributed by atoms with Crippen molar-refractivity contribution in [2.75, 3.05) is 49.1 Å². The zero-order chi connectivity index (χ0) is 22.7. The number of hydrogen-bond acceptors (Lipinski definition) is 9. The van der Waals surface area contributed by atoms with Crippen molar-refractivity contribution in [2.24, 2.45) is 0 Å². The van der Waals surface area contributed by atoms with Crippen molar-refractivity contribution in [1.82, 2.24) is 20.0 Å². The van der Waals surface area contributed by atoms with Crippen LogP contribution in [0, 0.1) is 6.92 Å². The molecule has 1 unspecified atom stereocenters. The molecule has 0 aliphatic carbocycles. The minimum atomic E-state index is -0.973. The van der Waals surface area contributed by atoms with Gasteiger partial charge in [0.2, 0.25) is 5.95 Å². The summed E-state index contributed by atoms with van der Waals surface area (Å²) in [5.41, 5.74) is 1.93. The predicted molar refractivity (Wildman–Crippen MR) is 120 cm³/mol. The molecule has 3 heterocycles. The Morgan fingerprint density at radius 1 is 1.32 bits per heavy atom. The molecular weight excluding hydrogens is 398 g/mol. The quantitative estimate of drug-likeness (QED) is 0.578. The number of ether oxygens (including phenoxy) is 1. The molecule has 2 N–H and O–H groups in total. The summed E-state index contributed by atoms with van der Waals surface area (Å²) in [4.78, 5) is 28.0. The summed E-state index contributed by atoms with van der Waals surface area (Å²) in [5.74, 6) is 0.622. The van der Waals surface area contributed by atoms with Crippen molar-refractivity contribution in [3.63, 3.8) is 0 Å². The molecule has 10 heteroatoms. The zero-order valence-electron chi connectivity index (χ0n) is 19.0. The van der Waals surface area contributed by atoms with Crippen LogP contribution in [-0.2, 0) is 9.53 Å². The third-order valence-electron chi connectivity index (χ3n) is 5.28. The number of carboxylic acids is 1. The van der Waals surface area contributed by atoms with Crippen LogP contribution in [0.5, 0.6) is 0 Å². The number of rotatable bonds is 9. The summed E-state index contributed by atoms with van der Waals surface area (Å²) < 4.78 is 5.52. The Hall–Kier alpha value is -2.98. The van der Waals surface area contributed by atoms with Gasteiger partial charge in [-0.2, -0.15) is 4.98 Å². The number of aliphatic carboxylic acids is 1. The van der Waals surface area contributed by atoms with Crippen LogP contribution < -0.4 is 15.2 Å². The highest BCUT2D eigenvalue weighted by Crippen LogP contribution is 2.43. The van der Waals surface area contributed by atoms with Gasteiger partial charge in [0.25, 0.3) is 0 Å². The predicted octanol–water partition coefficient (Wildman–Crippen LogP) is 2.60. The fraction of sp³-hybridized carbons (Fsp3) is 0.524. The highest BCUT2D eigenvalue weighted by atomic mass is 16.5. The van der Waals surface area contributed by atoms with Crippen molar-refractivity contribution < 1.29 is 14.6 Å². The van der Waals surface area contributed by atoms with Gasteiger partial charge < -0.3 is 20.1 Å². The number of hydrazine groups is 1. The Balaban J connectivity index is 2.15. The number of hydrogen-bond donors (Lipinski definition) is 2. The van der Waals surface area contributed by atoms with Crippen LogP contribution in [0.3, 0.4) is 0 Å². The molecule has 10 nitrogen and oxygen atoms in total. The van der Waals surface area contributed by atoms with Crippen LogP contribution in [0.1, 0.15) is 38.2 Å². The van der Waals surface area contributed by atoms with Crippen LogP contribution in [0.2, 0.25) is 0 Å². The molecule has 0 aromatic carbocycles. The molecule has 2 aromatic rings. The zero-order valence-corrected chi connectivity index (χ0v) is 19.0. The fourth-order valence-corrected chi connectivity index (χ4v) is 3.43.